The van der Waals surface area contributed by atoms with Crippen molar-refractivity contribution < 1.29 is 15.3 Å². The quantitative estimate of drug-likeness (QED) is 0.0602. The van der Waals surface area contributed by atoms with E-state index >= 15 is 0 Å². The van der Waals surface area contributed by atoms with E-state index in [-0.39, 0.29) is 0 Å². The van der Waals surface area contributed by atoms with E-state index in [1.807, 2.05) is 0 Å². The maximum Gasteiger partial charge on any atom is 0.106 e. The highest BCUT2D eigenvalue weighted by Crippen LogP contribution is 2.18. The lowest BCUT2D eigenvalue weighted by atomic mass is 9.97. The minimum absolute atomic E-state index is 0.606. The summed E-state index contributed by atoms with van der Waals surface area (Å²) in [6.45, 7) is 14.7. The van der Waals surface area contributed by atoms with Gasteiger partial charge in [-0.2, -0.15) is 0 Å². The van der Waals surface area contributed by atoms with Crippen LogP contribution in [0, 0.1) is 0 Å². The molecule has 3 N–H and O–H groups in total. The van der Waals surface area contributed by atoms with Crippen LogP contribution in [0.2, 0.25) is 0 Å². The number of aliphatic hydroxyl groups excluding tert-OH is 3. The minimum Gasteiger partial charge on any atom is -0.390 e. The van der Waals surface area contributed by atoms with Crippen LogP contribution in [0.4, 0.5) is 0 Å². The van der Waals surface area contributed by atoms with Gasteiger partial charge in [0, 0.05) is 0 Å². The molecular formula is C41H87NO3. The third kappa shape index (κ3) is 36.5. The van der Waals surface area contributed by atoms with Crippen molar-refractivity contribution in [3.63, 3.8) is 0 Å². The van der Waals surface area contributed by atoms with Gasteiger partial charge in [0.25, 0.3) is 0 Å². The average molecular weight is 642 g/mol. The Kier molecular flexibility index (Phi) is 41.8. The zero-order chi connectivity index (χ0) is 33.6. The fourth-order valence-corrected chi connectivity index (χ4v) is 6.36. The number of unbranched alkanes of at least 4 members (excludes halogenated alkanes) is 26. The van der Waals surface area contributed by atoms with E-state index in [2.05, 4.69) is 39.5 Å². The van der Waals surface area contributed by atoms with Gasteiger partial charge < -0.3 is 20.2 Å². The summed E-state index contributed by atoms with van der Waals surface area (Å²) >= 11 is 0. The Morgan fingerprint density at radius 2 is 0.511 bits per heavy atom. The second-order valence-electron chi connectivity index (χ2n) is 14.0. The fourth-order valence-electron chi connectivity index (χ4n) is 6.36. The van der Waals surface area contributed by atoms with Crippen molar-refractivity contribution in [2.75, 3.05) is 19.6 Å². The lowest BCUT2D eigenvalue weighted by Gasteiger charge is -2.23. The van der Waals surface area contributed by atoms with Gasteiger partial charge >= 0.3 is 0 Å². The maximum atomic E-state index is 10.3. The van der Waals surface area contributed by atoms with Crippen molar-refractivity contribution in [1.82, 2.24) is 4.90 Å². The van der Waals surface area contributed by atoms with Gasteiger partial charge in [-0.25, -0.2) is 0 Å². The van der Waals surface area contributed by atoms with Gasteiger partial charge in [0.15, 0.2) is 0 Å². The molecule has 4 nitrogen and oxygen atoms in total. The second kappa shape index (κ2) is 40.0. The lowest BCUT2D eigenvalue weighted by Crippen LogP contribution is -2.37. The zero-order valence-electron chi connectivity index (χ0n) is 31.9. The number of nitrogens with zero attached hydrogens (tertiary/aromatic N) is 1. The topological polar surface area (TPSA) is 63.9 Å². The van der Waals surface area contributed by atoms with Gasteiger partial charge in [0.2, 0.25) is 0 Å². The van der Waals surface area contributed by atoms with Crippen molar-refractivity contribution >= 4 is 0 Å². The first-order valence-electron chi connectivity index (χ1n) is 20.7. The molecule has 0 spiro atoms. The van der Waals surface area contributed by atoms with Crippen LogP contribution in [-0.2, 0) is 0 Å². The highest BCUT2D eigenvalue weighted by molar-refractivity contribution is 4.75. The highest BCUT2D eigenvalue weighted by atomic mass is 16.4. The highest BCUT2D eigenvalue weighted by Gasteiger charge is 2.23. The Hall–Kier alpha value is -0.160. The van der Waals surface area contributed by atoms with E-state index in [9.17, 15) is 15.3 Å². The van der Waals surface area contributed by atoms with Crippen LogP contribution in [0.3, 0.4) is 0 Å². The Balaban J connectivity index is 0. The zero-order valence-corrected chi connectivity index (χ0v) is 31.9. The summed E-state index contributed by atoms with van der Waals surface area (Å²) in [5.74, 6) is 0. The number of rotatable bonds is 35. The molecule has 0 aromatic carbocycles. The average Bonchev–Trinajstić information content (AvgIpc) is 3.05. The molecule has 0 aliphatic heterocycles. The van der Waals surface area contributed by atoms with E-state index in [1.165, 1.54) is 174 Å². The van der Waals surface area contributed by atoms with Gasteiger partial charge in [-0.1, -0.05) is 214 Å². The monoisotopic (exact) mass is 642 g/mol. The van der Waals surface area contributed by atoms with Crippen LogP contribution in [0.1, 0.15) is 227 Å². The van der Waals surface area contributed by atoms with Gasteiger partial charge in [-0.15, -0.1) is 0 Å². The molecule has 0 saturated heterocycles. The van der Waals surface area contributed by atoms with Crippen LogP contribution in [0.15, 0.2) is 0 Å². The van der Waals surface area contributed by atoms with E-state index in [0.29, 0.717) is 12.8 Å². The summed E-state index contributed by atoms with van der Waals surface area (Å²) < 4.78 is 0. The molecule has 0 bridgehead atoms. The Labute approximate surface area is 284 Å². The fraction of sp³-hybridized carbons (Fsp3) is 1.00. The van der Waals surface area contributed by atoms with Crippen molar-refractivity contribution in [3.8, 4) is 0 Å². The van der Waals surface area contributed by atoms with Crippen molar-refractivity contribution in [2.45, 2.75) is 246 Å². The first-order chi connectivity index (χ1) is 22.0. The third-order valence-corrected chi connectivity index (χ3v) is 9.84. The summed E-state index contributed by atoms with van der Waals surface area (Å²) in [5, 5.41) is 30.9. The van der Waals surface area contributed by atoms with Crippen LogP contribution in [-0.4, -0.2) is 58.2 Å². The molecule has 0 radical (unpaired) electrons. The molecule has 0 rings (SSSR count). The Morgan fingerprint density at radius 3 is 0.689 bits per heavy atom. The van der Waals surface area contributed by atoms with Crippen molar-refractivity contribution in [2.24, 2.45) is 0 Å². The molecule has 4 heteroatoms. The number of hydrogen-bond donors (Lipinski definition) is 3. The molecule has 0 fully saturated rings. The summed E-state index contributed by atoms with van der Waals surface area (Å²) in [5.41, 5.74) is 0. The molecule has 0 saturated carbocycles. The normalized spacial score (nSPS) is 13.5. The Morgan fingerprint density at radius 1 is 0.311 bits per heavy atom. The SMILES string of the molecule is CCCCCCCCCCCCCCCCC(O)C(O)C(O)CCCCCCCCCCCCCCCC.CCN(CC)CC. The molecule has 0 aromatic rings. The van der Waals surface area contributed by atoms with E-state index in [1.54, 1.807) is 0 Å². The predicted molar refractivity (Wildman–Crippen MR) is 201 cm³/mol. The second-order valence-corrected chi connectivity index (χ2v) is 14.0. The Bertz CT molecular complexity index is 469. The first-order valence-corrected chi connectivity index (χ1v) is 20.7. The summed E-state index contributed by atoms with van der Waals surface area (Å²) in [4.78, 5) is 2.38. The summed E-state index contributed by atoms with van der Waals surface area (Å²) in [6, 6.07) is 0. The van der Waals surface area contributed by atoms with Crippen LogP contribution < -0.4 is 0 Å². The molecule has 274 valence electrons. The number of hydrogen-bond acceptors (Lipinski definition) is 4. The largest absolute Gasteiger partial charge is 0.390 e. The smallest absolute Gasteiger partial charge is 0.106 e. The van der Waals surface area contributed by atoms with Gasteiger partial charge in [0.05, 0.1) is 12.2 Å². The van der Waals surface area contributed by atoms with E-state index in [0.717, 1.165) is 25.7 Å². The van der Waals surface area contributed by atoms with Gasteiger partial charge in [-0.3, -0.25) is 0 Å². The van der Waals surface area contributed by atoms with E-state index < -0.39 is 18.3 Å². The summed E-state index contributed by atoms with van der Waals surface area (Å²) in [7, 11) is 0. The van der Waals surface area contributed by atoms with Crippen LogP contribution in [0.5, 0.6) is 0 Å². The van der Waals surface area contributed by atoms with Crippen molar-refractivity contribution in [1.29, 1.82) is 0 Å². The summed E-state index contributed by atoms with van der Waals surface area (Å²) in [6.07, 6.45) is 35.6. The maximum absolute atomic E-state index is 10.3. The van der Waals surface area contributed by atoms with Crippen LogP contribution in [0.25, 0.3) is 0 Å². The standard InChI is InChI=1S/C35H72O3.C6H15N/c1-3-5-7-9-11-13-15-17-19-21-23-25-27-29-31-33(36)35(38)34(37)32-30-28-26-24-22-20-18-16-14-12-10-8-6-4-2;1-4-7(5-2)6-3/h33-38H,3-32H2,1-2H3;4-6H2,1-3H3. The minimum atomic E-state index is -0.987. The molecule has 2 atom stereocenters. The lowest BCUT2D eigenvalue weighted by molar-refractivity contribution is -0.0653. The molecule has 45 heavy (non-hydrogen) atoms. The molecule has 2 unspecified atom stereocenters. The molecule has 0 aromatic heterocycles. The predicted octanol–water partition coefficient (Wildman–Crippen LogP) is 12.2. The molecule has 0 aliphatic carbocycles. The van der Waals surface area contributed by atoms with E-state index in [4.69, 9.17) is 0 Å². The molecule has 0 aliphatic rings. The van der Waals surface area contributed by atoms with Gasteiger partial charge in [0.1, 0.15) is 6.10 Å². The third-order valence-electron chi connectivity index (χ3n) is 9.84. The van der Waals surface area contributed by atoms with Gasteiger partial charge in [-0.05, 0) is 32.5 Å². The van der Waals surface area contributed by atoms with Crippen molar-refractivity contribution in [3.05, 3.63) is 0 Å². The van der Waals surface area contributed by atoms with Crippen LogP contribution >= 0.6 is 0 Å². The number of aliphatic hydroxyl groups is 3. The molecular weight excluding hydrogens is 554 g/mol. The molecule has 0 amide bonds. The molecule has 0 heterocycles. The first kappa shape index (κ1) is 47.0.